The monoisotopic (exact) mass is 224 g/mol. The van der Waals surface area contributed by atoms with Crippen LogP contribution < -0.4 is 5.73 Å². The van der Waals surface area contributed by atoms with Gasteiger partial charge in [0.25, 0.3) is 0 Å². The Morgan fingerprint density at radius 1 is 1.69 bits per heavy atom. The zero-order valence-corrected chi connectivity index (χ0v) is 9.85. The number of hydrogen-bond donors (Lipinski definition) is 1. The topological polar surface area (TPSA) is 73.4 Å². The van der Waals surface area contributed by atoms with Crippen molar-refractivity contribution in [3.05, 3.63) is 0 Å². The second-order valence-electron chi connectivity index (χ2n) is 4.36. The molecule has 1 aliphatic heterocycles. The second kappa shape index (κ2) is 6.46. The van der Waals surface area contributed by atoms with Crippen LogP contribution in [0, 0.1) is 11.3 Å². The lowest BCUT2D eigenvalue weighted by atomic mass is 10.1. The molecule has 5 heteroatoms. The maximum Gasteiger partial charge on any atom is 0.236 e. The lowest BCUT2D eigenvalue weighted by Crippen LogP contribution is -2.47. The molecule has 2 N–H and O–H groups in total. The van der Waals surface area contributed by atoms with Crippen LogP contribution in [0.4, 0.5) is 0 Å². The Morgan fingerprint density at radius 2 is 2.44 bits per heavy atom. The van der Waals surface area contributed by atoms with E-state index in [1.165, 1.54) is 0 Å². The van der Waals surface area contributed by atoms with Crippen LogP contribution in [0.25, 0.3) is 0 Å². The van der Waals surface area contributed by atoms with Gasteiger partial charge in [-0.25, -0.2) is 0 Å². The van der Waals surface area contributed by atoms with Crippen molar-refractivity contribution in [3.8, 4) is 6.07 Å². The maximum atomic E-state index is 11.8. The highest BCUT2D eigenvalue weighted by molar-refractivity contribution is 5.78. The predicted octanol–water partition coefficient (Wildman–Crippen LogP) is -0.218. The predicted molar refractivity (Wildman–Crippen MR) is 61.5 cm³/mol. The van der Waals surface area contributed by atoms with E-state index in [1.54, 1.807) is 11.9 Å². The van der Waals surface area contributed by atoms with Crippen molar-refractivity contribution in [2.45, 2.75) is 25.3 Å². The molecule has 1 heterocycles. The summed E-state index contributed by atoms with van der Waals surface area (Å²) in [5.74, 6) is 0.0735. The van der Waals surface area contributed by atoms with Crippen LogP contribution in [0.3, 0.4) is 0 Å². The summed E-state index contributed by atoms with van der Waals surface area (Å²) in [7, 11) is 1.74. The molecular formula is C11H20N4O. The summed E-state index contributed by atoms with van der Waals surface area (Å²) in [5, 5.41) is 8.44. The average molecular weight is 224 g/mol. The van der Waals surface area contributed by atoms with Gasteiger partial charge in [0.15, 0.2) is 0 Å². The van der Waals surface area contributed by atoms with Gasteiger partial charge >= 0.3 is 0 Å². The van der Waals surface area contributed by atoms with Gasteiger partial charge in [-0.2, -0.15) is 5.26 Å². The summed E-state index contributed by atoms with van der Waals surface area (Å²) in [6, 6.07) is 2.24. The normalized spacial score (nSPS) is 21.4. The molecule has 1 fully saturated rings. The van der Waals surface area contributed by atoms with Crippen LogP contribution in [0.1, 0.15) is 19.3 Å². The van der Waals surface area contributed by atoms with E-state index in [-0.39, 0.29) is 11.9 Å². The molecule has 16 heavy (non-hydrogen) atoms. The minimum atomic E-state index is 0.0735. The van der Waals surface area contributed by atoms with Gasteiger partial charge in [0.1, 0.15) is 0 Å². The molecule has 1 atom stereocenters. The first kappa shape index (κ1) is 12.9. The van der Waals surface area contributed by atoms with E-state index in [1.807, 2.05) is 6.07 Å². The Kier molecular flexibility index (Phi) is 5.23. The minimum absolute atomic E-state index is 0.0735. The van der Waals surface area contributed by atoms with Gasteiger partial charge in [-0.3, -0.25) is 9.69 Å². The van der Waals surface area contributed by atoms with E-state index >= 15 is 0 Å². The number of nitrogens with zero attached hydrogens (tertiary/aromatic N) is 3. The van der Waals surface area contributed by atoms with Gasteiger partial charge in [-0.05, 0) is 19.4 Å². The molecule has 0 aromatic rings. The van der Waals surface area contributed by atoms with Crippen LogP contribution in [-0.4, -0.2) is 55.0 Å². The molecule has 0 aromatic heterocycles. The Morgan fingerprint density at radius 3 is 3.06 bits per heavy atom. The van der Waals surface area contributed by atoms with Gasteiger partial charge < -0.3 is 10.6 Å². The largest absolute Gasteiger partial charge is 0.344 e. The maximum absolute atomic E-state index is 11.8. The molecule has 0 saturated carbocycles. The lowest BCUT2D eigenvalue weighted by Gasteiger charge is -2.31. The summed E-state index contributed by atoms with van der Waals surface area (Å²) < 4.78 is 0. The highest BCUT2D eigenvalue weighted by Crippen LogP contribution is 2.07. The van der Waals surface area contributed by atoms with Crippen molar-refractivity contribution in [2.75, 3.05) is 33.2 Å². The lowest BCUT2D eigenvalue weighted by molar-refractivity contribution is -0.131. The first-order chi connectivity index (χ1) is 7.63. The summed E-state index contributed by atoms with van der Waals surface area (Å²) in [5.41, 5.74) is 5.85. The van der Waals surface area contributed by atoms with E-state index in [2.05, 4.69) is 4.90 Å². The van der Waals surface area contributed by atoms with Crippen molar-refractivity contribution >= 4 is 5.91 Å². The molecule has 1 saturated heterocycles. The van der Waals surface area contributed by atoms with Crippen molar-refractivity contribution in [1.29, 1.82) is 5.26 Å². The standard InChI is InChI=1S/C11H20N4O/c1-14(6-3-5-12)11(16)9-15-7-2-4-10(13)8-15/h10H,2-4,6-9,13H2,1H3/t10-/m1/s1. The van der Waals surface area contributed by atoms with E-state index in [4.69, 9.17) is 11.0 Å². The van der Waals surface area contributed by atoms with E-state index in [0.29, 0.717) is 19.5 Å². The first-order valence-corrected chi connectivity index (χ1v) is 5.72. The number of likely N-dealkylation sites (N-methyl/N-ethyl adjacent to an activating group) is 1. The number of hydrogen-bond acceptors (Lipinski definition) is 4. The Hall–Kier alpha value is -1.12. The number of rotatable bonds is 4. The third-order valence-corrected chi connectivity index (χ3v) is 2.89. The van der Waals surface area contributed by atoms with Gasteiger partial charge in [0.05, 0.1) is 19.0 Å². The van der Waals surface area contributed by atoms with E-state index < -0.39 is 0 Å². The molecular weight excluding hydrogens is 204 g/mol. The van der Waals surface area contributed by atoms with Crippen LogP contribution in [0.15, 0.2) is 0 Å². The van der Waals surface area contributed by atoms with Crippen LogP contribution in [0.2, 0.25) is 0 Å². The molecule has 5 nitrogen and oxygen atoms in total. The van der Waals surface area contributed by atoms with Gasteiger partial charge in [0, 0.05) is 26.2 Å². The van der Waals surface area contributed by atoms with Crippen molar-refractivity contribution in [1.82, 2.24) is 9.80 Å². The van der Waals surface area contributed by atoms with Crippen molar-refractivity contribution in [2.24, 2.45) is 5.73 Å². The zero-order valence-electron chi connectivity index (χ0n) is 9.85. The number of piperidine rings is 1. The summed E-state index contributed by atoms with van der Waals surface area (Å²) in [4.78, 5) is 15.5. The smallest absolute Gasteiger partial charge is 0.236 e. The highest BCUT2D eigenvalue weighted by Gasteiger charge is 2.20. The second-order valence-corrected chi connectivity index (χ2v) is 4.36. The number of nitrogens with two attached hydrogens (primary N) is 1. The van der Waals surface area contributed by atoms with E-state index in [0.717, 1.165) is 25.9 Å². The number of nitriles is 1. The molecule has 0 aliphatic carbocycles. The average Bonchev–Trinajstić information content (AvgIpc) is 2.25. The van der Waals surface area contributed by atoms with Gasteiger partial charge in [-0.15, -0.1) is 0 Å². The zero-order chi connectivity index (χ0) is 12.0. The molecule has 0 aromatic carbocycles. The van der Waals surface area contributed by atoms with Crippen LogP contribution in [-0.2, 0) is 4.79 Å². The molecule has 1 amide bonds. The van der Waals surface area contributed by atoms with Crippen LogP contribution >= 0.6 is 0 Å². The first-order valence-electron chi connectivity index (χ1n) is 5.72. The third-order valence-electron chi connectivity index (χ3n) is 2.89. The summed E-state index contributed by atoms with van der Waals surface area (Å²) in [6.45, 7) is 2.69. The van der Waals surface area contributed by atoms with Crippen LogP contribution in [0.5, 0.6) is 0 Å². The van der Waals surface area contributed by atoms with E-state index in [9.17, 15) is 4.79 Å². The molecule has 1 rings (SSSR count). The fraction of sp³-hybridized carbons (Fsp3) is 0.818. The third kappa shape index (κ3) is 4.17. The molecule has 0 radical (unpaired) electrons. The summed E-state index contributed by atoms with van der Waals surface area (Å²) in [6.07, 6.45) is 2.51. The Bertz CT molecular complexity index is 274. The molecule has 0 spiro atoms. The van der Waals surface area contributed by atoms with Crippen molar-refractivity contribution in [3.63, 3.8) is 0 Å². The summed E-state index contributed by atoms with van der Waals surface area (Å²) >= 11 is 0. The number of carbonyl (C=O) groups excluding carboxylic acids is 1. The molecule has 1 aliphatic rings. The molecule has 0 bridgehead atoms. The quantitative estimate of drug-likeness (QED) is 0.716. The highest BCUT2D eigenvalue weighted by atomic mass is 16.2. The SMILES string of the molecule is CN(CCC#N)C(=O)CN1CCC[C@@H](N)C1. The van der Waals surface area contributed by atoms with Gasteiger partial charge in [-0.1, -0.05) is 0 Å². The van der Waals surface area contributed by atoms with Crippen molar-refractivity contribution < 1.29 is 4.79 Å². The Labute approximate surface area is 96.8 Å². The Balaban J connectivity index is 2.30. The number of amides is 1. The number of carbonyl (C=O) groups is 1. The molecule has 90 valence electrons. The fourth-order valence-electron chi connectivity index (χ4n) is 1.89. The fourth-order valence-corrected chi connectivity index (χ4v) is 1.89. The molecule has 0 unspecified atom stereocenters. The number of likely N-dealkylation sites (tertiary alicyclic amines) is 1. The minimum Gasteiger partial charge on any atom is -0.344 e. The van der Waals surface area contributed by atoms with Gasteiger partial charge in [0.2, 0.25) is 5.91 Å².